The van der Waals surface area contributed by atoms with Gasteiger partial charge in [0.2, 0.25) is 0 Å². The van der Waals surface area contributed by atoms with Gasteiger partial charge in [-0.25, -0.2) is 0 Å². The molecule has 1 saturated carbocycles. The Morgan fingerprint density at radius 1 is 1.71 bits per heavy atom. The van der Waals surface area contributed by atoms with Gasteiger partial charge in [-0.05, 0) is 32.6 Å². The van der Waals surface area contributed by atoms with Crippen molar-refractivity contribution in [3.63, 3.8) is 0 Å². The molecule has 1 unspecified atom stereocenters. The highest BCUT2D eigenvalue weighted by atomic mass is 16.2. The van der Waals surface area contributed by atoms with E-state index in [-0.39, 0.29) is 11.9 Å². The van der Waals surface area contributed by atoms with Crippen LogP contribution in [0.2, 0.25) is 0 Å². The number of nitrogen functional groups attached to an aromatic ring is 1. The van der Waals surface area contributed by atoms with Crippen LogP contribution in [0.15, 0.2) is 6.20 Å². The summed E-state index contributed by atoms with van der Waals surface area (Å²) >= 11 is 0. The van der Waals surface area contributed by atoms with Crippen LogP contribution in [0, 0.1) is 5.92 Å². The van der Waals surface area contributed by atoms with Gasteiger partial charge in [-0.3, -0.25) is 9.48 Å². The van der Waals surface area contributed by atoms with E-state index in [1.165, 1.54) is 19.3 Å². The smallest absolute Gasteiger partial charge is 0.274 e. The summed E-state index contributed by atoms with van der Waals surface area (Å²) in [6.07, 6.45) is 5.39. The van der Waals surface area contributed by atoms with Gasteiger partial charge in [0.05, 0.1) is 5.69 Å². The van der Waals surface area contributed by atoms with Gasteiger partial charge in [-0.15, -0.1) is 0 Å². The number of rotatable bonds is 4. The standard InChI is InChI=1S/C12H20N4O/c1-3-16-7-10(13)11(15-16)12(17)14-8(2)9-5-4-6-9/h7-9H,3-6,13H2,1-2H3,(H,14,17). The van der Waals surface area contributed by atoms with E-state index in [9.17, 15) is 4.79 Å². The molecule has 1 amide bonds. The molecular formula is C12H20N4O. The molecule has 3 N–H and O–H groups in total. The minimum Gasteiger partial charge on any atom is -0.396 e. The molecule has 1 aliphatic rings. The third-order valence-corrected chi connectivity index (χ3v) is 3.54. The molecule has 17 heavy (non-hydrogen) atoms. The molecule has 0 radical (unpaired) electrons. The lowest BCUT2D eigenvalue weighted by Gasteiger charge is -2.31. The second-order valence-electron chi connectivity index (χ2n) is 4.74. The molecule has 0 spiro atoms. The van der Waals surface area contributed by atoms with Crippen LogP contribution in [0.3, 0.4) is 0 Å². The summed E-state index contributed by atoms with van der Waals surface area (Å²) in [5.74, 6) is 0.461. The number of nitrogens with one attached hydrogen (secondary N) is 1. The summed E-state index contributed by atoms with van der Waals surface area (Å²) in [5, 5.41) is 7.15. The molecule has 0 saturated heterocycles. The van der Waals surface area contributed by atoms with Gasteiger partial charge >= 0.3 is 0 Å². The van der Waals surface area contributed by atoms with E-state index < -0.39 is 0 Å². The van der Waals surface area contributed by atoms with Gasteiger partial charge in [0.1, 0.15) is 0 Å². The molecule has 5 nitrogen and oxygen atoms in total. The van der Waals surface area contributed by atoms with Crippen LogP contribution in [-0.4, -0.2) is 21.7 Å². The van der Waals surface area contributed by atoms with E-state index in [0.29, 0.717) is 17.3 Å². The number of hydrogen-bond donors (Lipinski definition) is 2. The summed E-state index contributed by atoms with van der Waals surface area (Å²) in [6, 6.07) is 0.211. The second-order valence-corrected chi connectivity index (χ2v) is 4.74. The van der Waals surface area contributed by atoms with Gasteiger partial charge in [0.25, 0.3) is 5.91 Å². The van der Waals surface area contributed by atoms with Crippen LogP contribution in [-0.2, 0) is 6.54 Å². The van der Waals surface area contributed by atoms with Crippen molar-refractivity contribution in [2.75, 3.05) is 5.73 Å². The Hall–Kier alpha value is -1.52. The number of nitrogens with zero attached hydrogens (tertiary/aromatic N) is 2. The van der Waals surface area contributed by atoms with Crippen LogP contribution in [0.5, 0.6) is 0 Å². The Morgan fingerprint density at radius 3 is 2.88 bits per heavy atom. The summed E-state index contributed by atoms with van der Waals surface area (Å²) in [4.78, 5) is 12.0. The summed E-state index contributed by atoms with van der Waals surface area (Å²) in [6.45, 7) is 4.73. The molecule has 1 aromatic heterocycles. The number of carbonyl (C=O) groups is 1. The average molecular weight is 236 g/mol. The Morgan fingerprint density at radius 2 is 2.41 bits per heavy atom. The number of aromatic nitrogens is 2. The van der Waals surface area contributed by atoms with E-state index >= 15 is 0 Å². The number of anilines is 1. The zero-order valence-corrected chi connectivity index (χ0v) is 10.4. The fraction of sp³-hybridized carbons (Fsp3) is 0.667. The molecule has 1 fully saturated rings. The molecule has 0 bridgehead atoms. The summed E-state index contributed by atoms with van der Waals surface area (Å²) in [7, 11) is 0. The monoisotopic (exact) mass is 236 g/mol. The van der Waals surface area contributed by atoms with Gasteiger partial charge in [-0.2, -0.15) is 5.10 Å². The van der Waals surface area contributed by atoms with Crippen LogP contribution in [0.1, 0.15) is 43.6 Å². The predicted molar refractivity (Wildman–Crippen MR) is 66.6 cm³/mol. The van der Waals surface area contributed by atoms with Crippen LogP contribution in [0.25, 0.3) is 0 Å². The molecule has 0 aliphatic heterocycles. The molecule has 1 atom stereocenters. The first-order valence-corrected chi connectivity index (χ1v) is 6.25. The molecule has 94 valence electrons. The minimum atomic E-state index is -0.158. The Balaban J connectivity index is 2.00. The first-order chi connectivity index (χ1) is 8.11. The van der Waals surface area contributed by atoms with Crippen molar-refractivity contribution in [3.05, 3.63) is 11.9 Å². The maximum absolute atomic E-state index is 12.0. The van der Waals surface area contributed by atoms with Crippen LogP contribution < -0.4 is 11.1 Å². The fourth-order valence-corrected chi connectivity index (χ4v) is 2.11. The van der Waals surface area contributed by atoms with Gasteiger partial charge in [0, 0.05) is 18.8 Å². The molecular weight excluding hydrogens is 216 g/mol. The number of nitrogens with two attached hydrogens (primary N) is 1. The predicted octanol–water partition coefficient (Wildman–Crippen LogP) is 1.40. The summed E-state index contributed by atoms with van der Waals surface area (Å²) < 4.78 is 1.68. The summed E-state index contributed by atoms with van der Waals surface area (Å²) in [5.41, 5.74) is 6.57. The number of carbonyl (C=O) groups excluding carboxylic acids is 1. The molecule has 1 aromatic rings. The lowest BCUT2D eigenvalue weighted by atomic mass is 9.80. The molecule has 1 aliphatic carbocycles. The SMILES string of the molecule is CCn1cc(N)c(C(=O)NC(C)C2CCC2)n1. The second kappa shape index (κ2) is 4.77. The highest BCUT2D eigenvalue weighted by Crippen LogP contribution is 2.29. The molecule has 0 aromatic carbocycles. The van der Waals surface area contributed by atoms with Crippen LogP contribution >= 0.6 is 0 Å². The van der Waals surface area contributed by atoms with Gasteiger partial charge in [-0.1, -0.05) is 6.42 Å². The number of amides is 1. The first kappa shape index (κ1) is 12.0. The Bertz CT molecular complexity index is 409. The highest BCUT2D eigenvalue weighted by Gasteiger charge is 2.26. The third-order valence-electron chi connectivity index (χ3n) is 3.54. The third kappa shape index (κ3) is 2.43. The topological polar surface area (TPSA) is 72.9 Å². The highest BCUT2D eigenvalue weighted by molar-refractivity contribution is 5.97. The number of aryl methyl sites for hydroxylation is 1. The maximum Gasteiger partial charge on any atom is 0.274 e. The van der Waals surface area contributed by atoms with Crippen molar-refractivity contribution < 1.29 is 4.79 Å². The van der Waals surface area contributed by atoms with Crippen molar-refractivity contribution in [2.45, 2.75) is 45.7 Å². The van der Waals surface area contributed by atoms with E-state index in [0.717, 1.165) is 6.54 Å². The van der Waals surface area contributed by atoms with Crippen molar-refractivity contribution in [1.82, 2.24) is 15.1 Å². The molecule has 5 heteroatoms. The van der Waals surface area contributed by atoms with Gasteiger partial charge in [0.15, 0.2) is 5.69 Å². The van der Waals surface area contributed by atoms with Crippen molar-refractivity contribution in [3.8, 4) is 0 Å². The van der Waals surface area contributed by atoms with Crippen molar-refractivity contribution in [2.24, 2.45) is 5.92 Å². The number of hydrogen-bond acceptors (Lipinski definition) is 3. The van der Waals surface area contributed by atoms with Gasteiger partial charge < -0.3 is 11.1 Å². The van der Waals surface area contributed by atoms with Crippen molar-refractivity contribution >= 4 is 11.6 Å². The van der Waals surface area contributed by atoms with E-state index in [2.05, 4.69) is 17.3 Å². The lowest BCUT2D eigenvalue weighted by Crippen LogP contribution is -2.41. The Labute approximate surface area is 101 Å². The zero-order chi connectivity index (χ0) is 12.4. The lowest BCUT2D eigenvalue weighted by molar-refractivity contribution is 0.0904. The van der Waals surface area contributed by atoms with Crippen LogP contribution in [0.4, 0.5) is 5.69 Å². The zero-order valence-electron chi connectivity index (χ0n) is 10.4. The average Bonchev–Trinajstić information content (AvgIpc) is 2.56. The fourth-order valence-electron chi connectivity index (χ4n) is 2.11. The normalized spacial score (nSPS) is 17.5. The van der Waals surface area contributed by atoms with E-state index in [1.54, 1.807) is 10.9 Å². The molecule has 2 rings (SSSR count). The quantitative estimate of drug-likeness (QED) is 0.830. The Kier molecular flexibility index (Phi) is 3.36. The van der Waals surface area contributed by atoms with Crippen molar-refractivity contribution in [1.29, 1.82) is 0 Å². The van der Waals surface area contributed by atoms with E-state index in [4.69, 9.17) is 5.73 Å². The first-order valence-electron chi connectivity index (χ1n) is 6.25. The van der Waals surface area contributed by atoms with E-state index in [1.807, 2.05) is 6.92 Å². The largest absolute Gasteiger partial charge is 0.396 e. The minimum absolute atomic E-state index is 0.158. The molecule has 1 heterocycles. The maximum atomic E-state index is 12.0.